The van der Waals surface area contributed by atoms with Crippen molar-refractivity contribution in [3.05, 3.63) is 41.9 Å². The monoisotopic (exact) mass is 253 g/mol. The quantitative estimate of drug-likeness (QED) is 0.760. The molecular formula is C16H19N3. The molecule has 1 aliphatic heterocycles. The Morgan fingerprint density at radius 1 is 1.37 bits per heavy atom. The molecule has 1 unspecified atom stereocenters. The molecule has 0 saturated carbocycles. The second-order valence-corrected chi connectivity index (χ2v) is 5.43. The molecule has 1 aromatic heterocycles. The fourth-order valence-electron chi connectivity index (χ4n) is 3.08. The summed E-state index contributed by atoms with van der Waals surface area (Å²) in [5.41, 5.74) is 1.97. The van der Waals surface area contributed by atoms with E-state index < -0.39 is 0 Å². The molecule has 0 bridgehead atoms. The lowest BCUT2D eigenvalue weighted by Gasteiger charge is -2.19. The molecule has 0 amide bonds. The summed E-state index contributed by atoms with van der Waals surface area (Å²) in [4.78, 5) is 5.96. The van der Waals surface area contributed by atoms with Crippen molar-refractivity contribution in [1.29, 1.82) is 0 Å². The Bertz CT molecular complexity index is 620. The van der Waals surface area contributed by atoms with Gasteiger partial charge in [0.2, 0.25) is 0 Å². The van der Waals surface area contributed by atoms with E-state index in [1.807, 2.05) is 12.1 Å². The van der Waals surface area contributed by atoms with E-state index in [0.717, 1.165) is 18.3 Å². The van der Waals surface area contributed by atoms with Crippen molar-refractivity contribution in [2.45, 2.75) is 31.8 Å². The molecule has 3 heteroatoms. The summed E-state index contributed by atoms with van der Waals surface area (Å²) in [5, 5.41) is 1.17. The van der Waals surface area contributed by atoms with Gasteiger partial charge in [-0.25, -0.2) is 4.85 Å². The molecule has 98 valence electrons. The van der Waals surface area contributed by atoms with E-state index in [-0.39, 0.29) is 0 Å². The van der Waals surface area contributed by atoms with E-state index in [2.05, 4.69) is 39.7 Å². The summed E-state index contributed by atoms with van der Waals surface area (Å²) >= 11 is 0. The zero-order valence-corrected chi connectivity index (χ0v) is 11.3. The first-order valence-electron chi connectivity index (χ1n) is 6.94. The summed E-state index contributed by atoms with van der Waals surface area (Å²) in [7, 11) is 2.23. The Morgan fingerprint density at radius 3 is 3.00 bits per heavy atom. The minimum absolute atomic E-state index is 0.723. The predicted octanol–water partition coefficient (Wildman–Crippen LogP) is 3.68. The molecule has 1 aromatic carbocycles. The van der Waals surface area contributed by atoms with Gasteiger partial charge in [-0.3, -0.25) is 0 Å². The molecule has 2 aromatic rings. The summed E-state index contributed by atoms with van der Waals surface area (Å²) in [6.07, 6.45) is 6.03. The number of fused-ring (bicyclic) bond motifs is 1. The van der Waals surface area contributed by atoms with Crippen LogP contribution in [0.25, 0.3) is 15.7 Å². The maximum Gasteiger partial charge on any atom is 0.187 e. The van der Waals surface area contributed by atoms with Gasteiger partial charge in [-0.05, 0) is 56.4 Å². The second-order valence-electron chi connectivity index (χ2n) is 5.43. The van der Waals surface area contributed by atoms with E-state index in [1.54, 1.807) is 0 Å². The molecular weight excluding hydrogens is 234 g/mol. The summed E-state index contributed by atoms with van der Waals surface area (Å²) in [6, 6.07) is 8.80. The Hall–Kier alpha value is -1.79. The Labute approximate surface area is 114 Å². The summed E-state index contributed by atoms with van der Waals surface area (Å²) in [5.74, 6) is 0. The first-order valence-corrected chi connectivity index (χ1v) is 6.94. The molecule has 0 N–H and O–H groups in total. The highest BCUT2D eigenvalue weighted by Crippen LogP contribution is 2.24. The number of aryl methyl sites for hydroxylation is 1. The average Bonchev–Trinajstić information content (AvgIpc) is 3.02. The molecule has 0 aliphatic carbocycles. The van der Waals surface area contributed by atoms with Crippen LogP contribution in [0.5, 0.6) is 0 Å². The van der Waals surface area contributed by atoms with Crippen molar-refractivity contribution in [3.63, 3.8) is 0 Å². The highest BCUT2D eigenvalue weighted by Gasteiger charge is 2.20. The number of hydrogen-bond donors (Lipinski definition) is 0. The van der Waals surface area contributed by atoms with Crippen LogP contribution < -0.4 is 0 Å². The molecule has 1 fully saturated rings. The number of rotatable bonds is 3. The van der Waals surface area contributed by atoms with Crippen LogP contribution in [0, 0.1) is 6.57 Å². The smallest absolute Gasteiger partial charge is 0.187 e. The van der Waals surface area contributed by atoms with Gasteiger partial charge >= 0.3 is 0 Å². The average molecular weight is 253 g/mol. The third-order valence-electron chi connectivity index (χ3n) is 4.26. The number of likely N-dealkylation sites (tertiary alicyclic amines) is 1. The predicted molar refractivity (Wildman–Crippen MR) is 78.5 cm³/mol. The topological polar surface area (TPSA) is 12.5 Å². The standard InChI is InChI=1S/C16H19N3/c1-17-14-5-6-16-13(12-14)7-10-19(16)11-8-15-4-3-9-18(15)2/h5-7,10,12,15H,3-4,8-9,11H2,2H3. The van der Waals surface area contributed by atoms with E-state index >= 15 is 0 Å². The van der Waals surface area contributed by atoms with Crippen molar-refractivity contribution in [3.8, 4) is 0 Å². The summed E-state index contributed by atoms with van der Waals surface area (Å²) in [6.45, 7) is 9.36. The van der Waals surface area contributed by atoms with Crippen molar-refractivity contribution in [1.82, 2.24) is 9.47 Å². The first-order chi connectivity index (χ1) is 9.28. The Morgan fingerprint density at radius 2 is 2.26 bits per heavy atom. The van der Waals surface area contributed by atoms with Gasteiger partial charge in [0, 0.05) is 24.3 Å². The van der Waals surface area contributed by atoms with Crippen LogP contribution in [-0.4, -0.2) is 29.1 Å². The molecule has 3 rings (SSSR count). The molecule has 1 atom stereocenters. The highest BCUT2D eigenvalue weighted by molar-refractivity contribution is 5.83. The van der Waals surface area contributed by atoms with Crippen LogP contribution in [0.2, 0.25) is 0 Å². The van der Waals surface area contributed by atoms with Crippen LogP contribution in [0.4, 0.5) is 5.69 Å². The molecule has 2 heterocycles. The van der Waals surface area contributed by atoms with Crippen LogP contribution in [0.1, 0.15) is 19.3 Å². The van der Waals surface area contributed by atoms with Crippen molar-refractivity contribution >= 4 is 16.6 Å². The fourth-order valence-corrected chi connectivity index (χ4v) is 3.08. The lowest BCUT2D eigenvalue weighted by atomic mass is 10.1. The van der Waals surface area contributed by atoms with Crippen LogP contribution in [0.15, 0.2) is 30.5 Å². The number of nitrogens with zero attached hydrogens (tertiary/aromatic N) is 3. The maximum absolute atomic E-state index is 7.05. The molecule has 0 spiro atoms. The van der Waals surface area contributed by atoms with E-state index in [9.17, 15) is 0 Å². The Kier molecular flexibility index (Phi) is 3.27. The minimum Gasteiger partial charge on any atom is -0.348 e. The normalized spacial score (nSPS) is 19.9. The van der Waals surface area contributed by atoms with Gasteiger partial charge in [-0.2, -0.15) is 0 Å². The lowest BCUT2D eigenvalue weighted by molar-refractivity contribution is 0.287. The lowest BCUT2D eigenvalue weighted by Crippen LogP contribution is -2.25. The molecule has 1 aliphatic rings. The van der Waals surface area contributed by atoms with Crippen LogP contribution in [-0.2, 0) is 6.54 Å². The Balaban J connectivity index is 1.76. The van der Waals surface area contributed by atoms with Crippen molar-refractivity contribution in [2.75, 3.05) is 13.6 Å². The van der Waals surface area contributed by atoms with Crippen LogP contribution >= 0.6 is 0 Å². The number of benzene rings is 1. The number of hydrogen-bond acceptors (Lipinski definition) is 1. The molecule has 0 radical (unpaired) electrons. The maximum atomic E-state index is 7.05. The zero-order chi connectivity index (χ0) is 13.2. The SMILES string of the molecule is [C-]#[N+]c1ccc2c(ccn2CCC2CCCN2C)c1. The highest BCUT2D eigenvalue weighted by atomic mass is 15.1. The minimum atomic E-state index is 0.723. The second kappa shape index (κ2) is 5.07. The largest absolute Gasteiger partial charge is 0.348 e. The first kappa shape index (κ1) is 12.3. The van der Waals surface area contributed by atoms with E-state index in [4.69, 9.17) is 6.57 Å². The van der Waals surface area contributed by atoms with Gasteiger partial charge in [0.15, 0.2) is 5.69 Å². The molecule has 3 nitrogen and oxygen atoms in total. The third-order valence-corrected chi connectivity index (χ3v) is 4.26. The molecule has 1 saturated heterocycles. The van der Waals surface area contributed by atoms with Crippen molar-refractivity contribution in [2.24, 2.45) is 0 Å². The summed E-state index contributed by atoms with van der Waals surface area (Å²) < 4.78 is 2.31. The van der Waals surface area contributed by atoms with Gasteiger partial charge < -0.3 is 9.47 Å². The zero-order valence-electron chi connectivity index (χ0n) is 11.3. The van der Waals surface area contributed by atoms with E-state index in [0.29, 0.717) is 0 Å². The van der Waals surface area contributed by atoms with Gasteiger partial charge in [0.1, 0.15) is 0 Å². The van der Waals surface area contributed by atoms with Gasteiger partial charge in [-0.1, -0.05) is 6.07 Å². The van der Waals surface area contributed by atoms with Gasteiger partial charge in [0.25, 0.3) is 0 Å². The van der Waals surface area contributed by atoms with Crippen molar-refractivity contribution < 1.29 is 0 Å². The third kappa shape index (κ3) is 2.36. The van der Waals surface area contributed by atoms with Gasteiger partial charge in [0.05, 0.1) is 6.57 Å². The number of aromatic nitrogens is 1. The fraction of sp³-hybridized carbons (Fsp3) is 0.438. The van der Waals surface area contributed by atoms with E-state index in [1.165, 1.54) is 36.7 Å². The molecule has 19 heavy (non-hydrogen) atoms. The van der Waals surface area contributed by atoms with Crippen LogP contribution in [0.3, 0.4) is 0 Å². The van der Waals surface area contributed by atoms with Gasteiger partial charge in [-0.15, -0.1) is 0 Å².